The van der Waals surface area contributed by atoms with Crippen LogP contribution in [-0.4, -0.2) is 19.1 Å². The summed E-state index contributed by atoms with van der Waals surface area (Å²) in [5.41, 5.74) is 0. The predicted octanol–water partition coefficient (Wildman–Crippen LogP) is 1.07. The third-order valence-corrected chi connectivity index (χ3v) is 3.15. The van der Waals surface area contributed by atoms with Gasteiger partial charge in [-0.25, -0.2) is 0 Å². The molecule has 0 aliphatic heterocycles. The number of rotatable bonds is 2. The lowest BCUT2D eigenvalue weighted by molar-refractivity contribution is -0.133. The maximum Gasteiger partial charge on any atom is 0.321 e. The average Bonchev–Trinajstić information content (AvgIpc) is 1.84. The molecule has 0 bridgehead atoms. The van der Waals surface area contributed by atoms with Crippen LogP contribution in [0.5, 0.6) is 0 Å². The minimum atomic E-state index is -3.76. The molecule has 4 nitrogen and oxygen atoms in total. The third-order valence-electron chi connectivity index (χ3n) is 1.24. The molecule has 0 rings (SSSR count). The number of hydrogen-bond acceptors (Lipinski definition) is 4. The molecule has 0 N–H and O–H groups in total. The van der Waals surface area contributed by atoms with E-state index >= 15 is 0 Å². The molecule has 0 saturated heterocycles. The molecule has 0 aliphatic carbocycles. The van der Waals surface area contributed by atoms with Gasteiger partial charge in [0.2, 0.25) is 0 Å². The Kier molecular flexibility index (Phi) is 3.26. The summed E-state index contributed by atoms with van der Waals surface area (Å²) < 4.78 is 25.6. The van der Waals surface area contributed by atoms with Crippen molar-refractivity contribution in [1.82, 2.24) is 0 Å². The van der Waals surface area contributed by atoms with Crippen LogP contribution in [0.3, 0.4) is 0 Å². The lowest BCUT2D eigenvalue weighted by Gasteiger charge is -2.17. The van der Waals surface area contributed by atoms with E-state index in [1.165, 1.54) is 20.8 Å². The number of carbonyl (C=O) groups excluding carboxylic acids is 1. The largest absolute Gasteiger partial charge is 0.345 e. The van der Waals surface area contributed by atoms with Gasteiger partial charge in [-0.3, -0.25) is 4.79 Å². The van der Waals surface area contributed by atoms with Crippen molar-refractivity contribution in [2.24, 2.45) is 0 Å². The average molecular weight is 194 g/mol. The van der Waals surface area contributed by atoms with Crippen molar-refractivity contribution >= 4 is 16.1 Å². The van der Waals surface area contributed by atoms with Crippen LogP contribution in [0.1, 0.15) is 34.1 Å². The van der Waals surface area contributed by atoms with Crippen LogP contribution in [0.2, 0.25) is 0 Å². The molecule has 72 valence electrons. The molecule has 0 spiro atoms. The van der Waals surface area contributed by atoms with Crippen molar-refractivity contribution < 1.29 is 17.4 Å². The first-order valence-electron chi connectivity index (χ1n) is 3.67. The van der Waals surface area contributed by atoms with Gasteiger partial charge in [0, 0.05) is 6.42 Å². The van der Waals surface area contributed by atoms with Crippen LogP contribution in [-0.2, 0) is 19.1 Å². The van der Waals surface area contributed by atoms with Gasteiger partial charge < -0.3 is 4.18 Å². The van der Waals surface area contributed by atoms with Gasteiger partial charge >= 0.3 is 16.1 Å². The SMILES string of the molecule is CCC(=O)OS(=O)(=O)C(C)(C)C. The van der Waals surface area contributed by atoms with E-state index in [-0.39, 0.29) is 6.42 Å². The second-order valence-corrected chi connectivity index (χ2v) is 5.68. The van der Waals surface area contributed by atoms with Crippen molar-refractivity contribution in [2.45, 2.75) is 38.9 Å². The van der Waals surface area contributed by atoms with E-state index in [1.807, 2.05) is 0 Å². The van der Waals surface area contributed by atoms with Crippen molar-refractivity contribution in [1.29, 1.82) is 0 Å². The molecule has 0 aromatic rings. The Morgan fingerprint density at radius 1 is 1.33 bits per heavy atom. The molecule has 0 saturated carbocycles. The molecule has 0 aromatic heterocycles. The third kappa shape index (κ3) is 2.81. The summed E-state index contributed by atoms with van der Waals surface area (Å²) in [6.07, 6.45) is 0.0648. The van der Waals surface area contributed by atoms with Gasteiger partial charge in [0.15, 0.2) is 0 Å². The zero-order valence-electron chi connectivity index (χ0n) is 7.75. The van der Waals surface area contributed by atoms with E-state index in [2.05, 4.69) is 4.18 Å². The van der Waals surface area contributed by atoms with E-state index in [4.69, 9.17) is 0 Å². The minimum absolute atomic E-state index is 0.0648. The Morgan fingerprint density at radius 2 is 1.75 bits per heavy atom. The Morgan fingerprint density at radius 3 is 2.00 bits per heavy atom. The van der Waals surface area contributed by atoms with Gasteiger partial charge in [-0.15, -0.1) is 0 Å². The van der Waals surface area contributed by atoms with Gasteiger partial charge in [-0.05, 0) is 20.8 Å². The van der Waals surface area contributed by atoms with Crippen LogP contribution < -0.4 is 0 Å². The van der Waals surface area contributed by atoms with Gasteiger partial charge in [0.25, 0.3) is 0 Å². The van der Waals surface area contributed by atoms with Crippen LogP contribution in [0.25, 0.3) is 0 Å². The summed E-state index contributed by atoms with van der Waals surface area (Å²) >= 11 is 0. The molecular formula is C7H14O4S. The molecule has 0 aromatic carbocycles. The minimum Gasteiger partial charge on any atom is -0.345 e. The fraction of sp³-hybridized carbons (Fsp3) is 0.857. The van der Waals surface area contributed by atoms with E-state index < -0.39 is 20.8 Å². The second-order valence-electron chi connectivity index (χ2n) is 3.38. The Hall–Kier alpha value is -0.580. The molecule has 0 amide bonds. The Bertz CT molecular complexity index is 258. The lowest BCUT2D eigenvalue weighted by Crippen LogP contribution is -2.31. The molecule has 5 heteroatoms. The zero-order valence-corrected chi connectivity index (χ0v) is 8.56. The molecule has 12 heavy (non-hydrogen) atoms. The first kappa shape index (κ1) is 11.4. The van der Waals surface area contributed by atoms with Crippen molar-refractivity contribution in [3.8, 4) is 0 Å². The molecule has 0 unspecified atom stereocenters. The summed E-state index contributed by atoms with van der Waals surface area (Å²) in [4.78, 5) is 10.7. The fourth-order valence-corrected chi connectivity index (χ4v) is 0.919. The van der Waals surface area contributed by atoms with Gasteiger partial charge in [-0.2, -0.15) is 8.42 Å². The van der Waals surface area contributed by atoms with Gasteiger partial charge in [0.1, 0.15) is 0 Å². The van der Waals surface area contributed by atoms with E-state index in [0.717, 1.165) is 0 Å². The first-order valence-corrected chi connectivity index (χ1v) is 5.08. The molecule has 0 aliphatic rings. The molecule has 0 radical (unpaired) electrons. The van der Waals surface area contributed by atoms with Gasteiger partial charge in [0.05, 0.1) is 4.75 Å². The van der Waals surface area contributed by atoms with Crippen molar-refractivity contribution in [2.75, 3.05) is 0 Å². The zero-order chi connectivity index (χ0) is 9.99. The lowest BCUT2D eigenvalue weighted by atomic mass is 10.3. The quantitative estimate of drug-likeness (QED) is 0.617. The van der Waals surface area contributed by atoms with E-state index in [1.54, 1.807) is 6.92 Å². The highest BCUT2D eigenvalue weighted by Crippen LogP contribution is 2.17. The number of carbonyl (C=O) groups is 1. The maximum absolute atomic E-state index is 11.2. The highest BCUT2D eigenvalue weighted by Gasteiger charge is 2.32. The maximum atomic E-state index is 11.2. The topological polar surface area (TPSA) is 60.4 Å². The predicted molar refractivity (Wildman–Crippen MR) is 45.1 cm³/mol. The second kappa shape index (κ2) is 3.43. The standard InChI is InChI=1S/C7H14O4S/c1-5-6(8)11-12(9,10)7(2,3)4/h5H2,1-4H3. The van der Waals surface area contributed by atoms with Crippen molar-refractivity contribution in [3.05, 3.63) is 0 Å². The molecule has 0 atom stereocenters. The summed E-state index contributed by atoms with van der Waals surface area (Å²) in [7, 11) is -3.76. The molecule has 0 fully saturated rings. The summed E-state index contributed by atoms with van der Waals surface area (Å²) in [5.74, 6) is -0.718. The number of hydrogen-bond donors (Lipinski definition) is 0. The fourth-order valence-electron chi connectivity index (χ4n) is 0.306. The van der Waals surface area contributed by atoms with Gasteiger partial charge in [-0.1, -0.05) is 6.92 Å². The summed E-state index contributed by atoms with van der Waals surface area (Å²) in [5, 5.41) is 0. The van der Waals surface area contributed by atoms with Crippen LogP contribution in [0, 0.1) is 0 Å². The monoisotopic (exact) mass is 194 g/mol. The van der Waals surface area contributed by atoms with Crippen molar-refractivity contribution in [3.63, 3.8) is 0 Å². The smallest absolute Gasteiger partial charge is 0.321 e. The molecular weight excluding hydrogens is 180 g/mol. The normalized spacial score (nSPS) is 12.7. The Balaban J connectivity index is 4.58. The highest BCUT2D eigenvalue weighted by atomic mass is 32.2. The molecule has 0 heterocycles. The van der Waals surface area contributed by atoms with Crippen LogP contribution in [0.15, 0.2) is 0 Å². The highest BCUT2D eigenvalue weighted by molar-refractivity contribution is 7.88. The van der Waals surface area contributed by atoms with Crippen LogP contribution in [0.4, 0.5) is 0 Å². The van der Waals surface area contributed by atoms with Crippen LogP contribution >= 0.6 is 0 Å². The summed E-state index contributed by atoms with van der Waals surface area (Å²) in [6.45, 7) is 5.97. The van der Waals surface area contributed by atoms with E-state index in [0.29, 0.717) is 0 Å². The summed E-state index contributed by atoms with van der Waals surface area (Å²) in [6, 6.07) is 0. The Labute approximate surface area is 73.0 Å². The first-order chi connectivity index (χ1) is 5.20. The van der Waals surface area contributed by atoms with E-state index in [9.17, 15) is 13.2 Å².